The van der Waals surface area contributed by atoms with Crippen molar-refractivity contribution in [2.24, 2.45) is 4.99 Å². The highest BCUT2D eigenvalue weighted by Crippen LogP contribution is 2.31. The number of benzene rings is 3. The molecule has 0 saturated carbocycles. The van der Waals surface area contributed by atoms with Gasteiger partial charge >= 0.3 is 6.09 Å². The maximum atomic E-state index is 14.4. The van der Waals surface area contributed by atoms with Crippen LogP contribution in [-0.4, -0.2) is 36.9 Å². The number of allylic oxidation sites excluding steroid dienone is 1. The van der Waals surface area contributed by atoms with E-state index in [0.29, 0.717) is 6.54 Å². The lowest BCUT2D eigenvalue weighted by molar-refractivity contribution is -0.112. The molecule has 2 N–H and O–H groups in total. The van der Waals surface area contributed by atoms with Gasteiger partial charge in [0.2, 0.25) is 5.97 Å². The molecule has 0 unspecified atom stereocenters. The summed E-state index contributed by atoms with van der Waals surface area (Å²) < 4.78 is 32.6. The van der Waals surface area contributed by atoms with Gasteiger partial charge in [-0.15, -0.1) is 11.8 Å². The minimum Gasteiger partial charge on any atom is -0.444 e. The van der Waals surface area contributed by atoms with Gasteiger partial charge in [0, 0.05) is 30.1 Å². The van der Waals surface area contributed by atoms with Crippen molar-refractivity contribution in [2.75, 3.05) is 18.6 Å². The molecule has 3 aromatic carbocycles. The van der Waals surface area contributed by atoms with Crippen molar-refractivity contribution in [3.63, 3.8) is 0 Å². The Kier molecular flexibility index (Phi) is 12.7. The minimum atomic E-state index is -0.767. The van der Waals surface area contributed by atoms with Gasteiger partial charge < -0.3 is 15.4 Å². The Balaban J connectivity index is 0.000000317. The van der Waals surface area contributed by atoms with Crippen LogP contribution in [0, 0.1) is 12.7 Å². The lowest BCUT2D eigenvalue weighted by atomic mass is 10.0. The Morgan fingerprint density at radius 2 is 1.76 bits per heavy atom. The van der Waals surface area contributed by atoms with Crippen molar-refractivity contribution in [3.8, 4) is 11.1 Å². The van der Waals surface area contributed by atoms with Gasteiger partial charge in [0.15, 0.2) is 0 Å². The molecule has 3 aromatic rings. The summed E-state index contributed by atoms with van der Waals surface area (Å²) in [5.74, 6) is -1.91. The Morgan fingerprint density at radius 3 is 2.37 bits per heavy atom. The molecule has 0 heterocycles. The number of nitrogens with zero attached hydrogens (tertiary/aromatic N) is 1. The zero-order chi connectivity index (χ0) is 30.6. The van der Waals surface area contributed by atoms with E-state index in [1.54, 1.807) is 17.8 Å². The quantitative estimate of drug-likeness (QED) is 0.168. The second-order valence-corrected chi connectivity index (χ2v) is 10.9. The largest absolute Gasteiger partial charge is 0.444 e. The number of rotatable bonds is 7. The van der Waals surface area contributed by atoms with Gasteiger partial charge in [-0.2, -0.15) is 4.39 Å². The molecule has 0 spiro atoms. The number of ether oxygens (including phenoxy) is 1. The van der Waals surface area contributed by atoms with Crippen LogP contribution in [0.5, 0.6) is 0 Å². The number of carbonyl (C=O) groups is 2. The Bertz CT molecular complexity index is 1420. The summed E-state index contributed by atoms with van der Waals surface area (Å²) in [5.41, 5.74) is 3.59. The molecule has 6 nitrogen and oxygen atoms in total. The molecular weight excluding hydrogens is 544 g/mol. The molecule has 0 aliphatic heterocycles. The lowest BCUT2D eigenvalue weighted by Crippen LogP contribution is -2.32. The summed E-state index contributed by atoms with van der Waals surface area (Å²) in [5, 5.41) is 5.16. The van der Waals surface area contributed by atoms with Gasteiger partial charge in [-0.05, 0) is 75.8 Å². The molecule has 0 fully saturated rings. The molecule has 0 aliphatic rings. The van der Waals surface area contributed by atoms with E-state index in [1.807, 2.05) is 82.5 Å². The number of nitrogens with one attached hydrogen (secondary N) is 2. The summed E-state index contributed by atoms with van der Waals surface area (Å²) in [6.07, 6.45) is 2.57. The Labute approximate surface area is 245 Å². The number of hydrogen-bond acceptors (Lipinski definition) is 5. The third kappa shape index (κ3) is 11.6. The van der Waals surface area contributed by atoms with E-state index in [1.165, 1.54) is 31.7 Å². The third-order valence-electron chi connectivity index (χ3n) is 5.46. The fraction of sp³-hybridized carbons (Fsp3) is 0.281. The normalized spacial score (nSPS) is 11.7. The first-order chi connectivity index (χ1) is 19.3. The molecular formula is C32H37F2N3O3S. The smallest absolute Gasteiger partial charge is 0.407 e. The van der Waals surface area contributed by atoms with Crippen LogP contribution in [-0.2, 0) is 16.1 Å². The van der Waals surface area contributed by atoms with Crippen LogP contribution < -0.4 is 10.6 Å². The van der Waals surface area contributed by atoms with Crippen molar-refractivity contribution in [1.29, 1.82) is 0 Å². The van der Waals surface area contributed by atoms with Crippen LogP contribution in [0.4, 0.5) is 19.3 Å². The summed E-state index contributed by atoms with van der Waals surface area (Å²) >= 11 is 1.58. The minimum absolute atomic E-state index is 0.0389. The van der Waals surface area contributed by atoms with Crippen LogP contribution in [0.3, 0.4) is 0 Å². The van der Waals surface area contributed by atoms with Gasteiger partial charge in [0.1, 0.15) is 11.4 Å². The second kappa shape index (κ2) is 15.7. The van der Waals surface area contributed by atoms with Crippen LogP contribution >= 0.6 is 11.8 Å². The van der Waals surface area contributed by atoms with Gasteiger partial charge in [0.25, 0.3) is 5.91 Å². The first-order valence-electron chi connectivity index (χ1n) is 12.9. The number of carbonyl (C=O) groups excluding carboxylic acids is 2. The zero-order valence-electron chi connectivity index (χ0n) is 24.5. The molecule has 0 aliphatic carbocycles. The summed E-state index contributed by atoms with van der Waals surface area (Å²) in [4.78, 5) is 27.7. The van der Waals surface area contributed by atoms with Crippen molar-refractivity contribution in [1.82, 2.24) is 5.32 Å². The van der Waals surface area contributed by atoms with Gasteiger partial charge in [0.05, 0.1) is 5.69 Å². The highest BCUT2D eigenvalue weighted by Gasteiger charge is 2.15. The average Bonchev–Trinajstić information content (AvgIpc) is 2.92. The molecule has 9 heteroatoms. The lowest BCUT2D eigenvalue weighted by Gasteiger charge is -2.19. The molecule has 0 radical (unpaired) electrons. The third-order valence-corrected chi connectivity index (χ3v) is 6.26. The summed E-state index contributed by atoms with van der Waals surface area (Å²) in [6.45, 7) is 9.49. The Hall–Kier alpha value is -3.98. The first-order valence-corrected chi connectivity index (χ1v) is 14.1. The summed E-state index contributed by atoms with van der Waals surface area (Å²) in [6, 6.07) is 20.3. The van der Waals surface area contributed by atoms with E-state index in [2.05, 4.69) is 15.6 Å². The first kappa shape index (κ1) is 33.2. The second-order valence-electron chi connectivity index (χ2n) is 10.1. The molecule has 0 atom stereocenters. The highest BCUT2D eigenvalue weighted by atomic mass is 32.2. The van der Waals surface area contributed by atoms with E-state index < -0.39 is 23.3 Å². The molecule has 41 heavy (non-hydrogen) atoms. The van der Waals surface area contributed by atoms with E-state index in [4.69, 9.17) is 4.74 Å². The van der Waals surface area contributed by atoms with Crippen molar-refractivity contribution in [3.05, 3.63) is 95.3 Å². The SMILES string of the molecule is CN=C(F)/C=C(\C)C(=O)Nc1ccc(-c2ccccc2SC)cc1F.Cc1cccc(CNC(=O)OC(C)(C)C)c1. The number of halogens is 2. The number of anilines is 1. The number of aliphatic imine (C=N–C) groups is 1. The molecule has 3 rings (SSSR count). The average molecular weight is 582 g/mol. The van der Waals surface area contributed by atoms with E-state index in [9.17, 15) is 18.4 Å². The van der Waals surface area contributed by atoms with Crippen LogP contribution in [0.15, 0.2) is 88.3 Å². The monoisotopic (exact) mass is 581 g/mol. The number of hydrogen-bond donors (Lipinski definition) is 2. The maximum absolute atomic E-state index is 14.4. The predicted octanol–water partition coefficient (Wildman–Crippen LogP) is 8.12. The molecule has 0 aromatic heterocycles. The van der Waals surface area contributed by atoms with E-state index >= 15 is 0 Å². The van der Waals surface area contributed by atoms with Crippen molar-refractivity contribution in [2.45, 2.75) is 51.7 Å². The fourth-order valence-corrected chi connectivity index (χ4v) is 4.13. The number of aryl methyl sites for hydroxylation is 1. The predicted molar refractivity (Wildman–Crippen MR) is 165 cm³/mol. The Morgan fingerprint density at radius 1 is 1.05 bits per heavy atom. The van der Waals surface area contributed by atoms with Gasteiger partial charge in [-0.3, -0.25) is 9.79 Å². The van der Waals surface area contributed by atoms with E-state index in [0.717, 1.165) is 27.7 Å². The molecule has 0 bridgehead atoms. The fourth-order valence-electron chi connectivity index (χ4n) is 3.51. The molecule has 2 amide bonds. The highest BCUT2D eigenvalue weighted by molar-refractivity contribution is 7.98. The number of alkyl carbamates (subject to hydrolysis) is 1. The van der Waals surface area contributed by atoms with Gasteiger partial charge in [-0.1, -0.05) is 54.1 Å². The van der Waals surface area contributed by atoms with E-state index in [-0.39, 0.29) is 17.4 Å². The topological polar surface area (TPSA) is 79.8 Å². The van der Waals surface area contributed by atoms with Crippen molar-refractivity contribution >= 4 is 35.4 Å². The van der Waals surface area contributed by atoms with Crippen LogP contribution in [0.1, 0.15) is 38.8 Å². The van der Waals surface area contributed by atoms with Crippen molar-refractivity contribution < 1.29 is 23.1 Å². The standard InChI is InChI=1S/C19H18F2N2OS.C13H19NO2/c1-12(10-18(21)22-2)19(24)23-16-9-8-13(11-15(16)20)14-6-4-5-7-17(14)25-3;1-10-6-5-7-11(8-10)9-14-12(15)16-13(2,3)4/h4-11H,1-3H3,(H,23,24);5-8H,9H2,1-4H3,(H,14,15)/b12-10+,22-18?;. The van der Waals surface area contributed by atoms with Crippen LogP contribution in [0.25, 0.3) is 11.1 Å². The maximum Gasteiger partial charge on any atom is 0.407 e. The van der Waals surface area contributed by atoms with Gasteiger partial charge in [-0.25, -0.2) is 9.18 Å². The molecule has 0 saturated heterocycles. The number of thioether (sulfide) groups is 1. The molecule has 218 valence electrons. The summed E-state index contributed by atoms with van der Waals surface area (Å²) in [7, 11) is 1.28. The van der Waals surface area contributed by atoms with Crippen LogP contribution in [0.2, 0.25) is 0 Å². The zero-order valence-corrected chi connectivity index (χ0v) is 25.3. The number of amides is 2.